The van der Waals surface area contributed by atoms with E-state index in [1.54, 1.807) is 0 Å². The molecule has 130 valence electrons. The van der Waals surface area contributed by atoms with E-state index in [9.17, 15) is 4.79 Å². The van der Waals surface area contributed by atoms with Crippen LogP contribution in [0.25, 0.3) is 0 Å². The van der Waals surface area contributed by atoms with E-state index < -0.39 is 0 Å². The Kier molecular flexibility index (Phi) is 4.53. The van der Waals surface area contributed by atoms with Gasteiger partial charge < -0.3 is 15.1 Å². The van der Waals surface area contributed by atoms with Gasteiger partial charge in [-0.1, -0.05) is 41.9 Å². The van der Waals surface area contributed by atoms with Crippen molar-refractivity contribution >= 4 is 23.3 Å². The Morgan fingerprint density at radius 1 is 1.04 bits per heavy atom. The highest BCUT2D eigenvalue weighted by molar-refractivity contribution is 6.30. The number of halogens is 1. The molecular weight excluding hydrogens is 334 g/mol. The lowest BCUT2D eigenvalue weighted by atomic mass is 10.1. The van der Waals surface area contributed by atoms with E-state index >= 15 is 0 Å². The number of urea groups is 1. The zero-order chi connectivity index (χ0) is 17.2. The fourth-order valence-electron chi connectivity index (χ4n) is 3.79. The molecule has 1 N–H and O–H groups in total. The number of nitrogens with zero attached hydrogens (tertiary/aromatic N) is 2. The monoisotopic (exact) mass is 355 g/mol. The van der Waals surface area contributed by atoms with Crippen LogP contribution in [-0.2, 0) is 6.42 Å². The summed E-state index contributed by atoms with van der Waals surface area (Å²) in [4.78, 5) is 16.8. The van der Waals surface area contributed by atoms with E-state index in [-0.39, 0.29) is 12.1 Å². The van der Waals surface area contributed by atoms with Crippen molar-refractivity contribution in [3.8, 4) is 0 Å². The van der Waals surface area contributed by atoms with Gasteiger partial charge in [0.1, 0.15) is 0 Å². The smallest absolute Gasteiger partial charge is 0.318 e. The van der Waals surface area contributed by atoms with Crippen LogP contribution in [0.3, 0.4) is 0 Å². The van der Waals surface area contributed by atoms with Crippen molar-refractivity contribution in [1.29, 1.82) is 0 Å². The molecule has 0 spiro atoms. The minimum Gasteiger partial charge on any atom is -0.368 e. The Hall–Kier alpha value is -2.20. The summed E-state index contributed by atoms with van der Waals surface area (Å²) in [5.74, 6) is 0. The first-order valence-electron chi connectivity index (χ1n) is 8.84. The summed E-state index contributed by atoms with van der Waals surface area (Å²) < 4.78 is 0. The lowest BCUT2D eigenvalue weighted by molar-refractivity contribution is 0.190. The fraction of sp³-hybridized carbons (Fsp3) is 0.350. The summed E-state index contributed by atoms with van der Waals surface area (Å²) in [6.07, 6.45) is 2.04. The molecule has 1 aliphatic carbocycles. The first-order chi connectivity index (χ1) is 12.2. The number of amides is 2. The third-order valence-electron chi connectivity index (χ3n) is 5.17. The van der Waals surface area contributed by atoms with Crippen LogP contribution in [0.4, 0.5) is 10.5 Å². The van der Waals surface area contributed by atoms with E-state index in [4.69, 9.17) is 11.6 Å². The van der Waals surface area contributed by atoms with Gasteiger partial charge >= 0.3 is 6.03 Å². The third kappa shape index (κ3) is 3.45. The average molecular weight is 356 g/mol. The zero-order valence-electron chi connectivity index (χ0n) is 14.1. The molecule has 0 aromatic heterocycles. The SMILES string of the molecule is O=C(NC1CCc2ccccc21)N1CCN(c2cccc(Cl)c2)CC1. The van der Waals surface area contributed by atoms with Crippen molar-refractivity contribution in [3.05, 3.63) is 64.7 Å². The molecule has 25 heavy (non-hydrogen) atoms. The fourth-order valence-corrected chi connectivity index (χ4v) is 3.97. The molecule has 2 aliphatic rings. The molecule has 1 heterocycles. The van der Waals surface area contributed by atoms with Crippen LogP contribution in [0.15, 0.2) is 48.5 Å². The summed E-state index contributed by atoms with van der Waals surface area (Å²) in [6, 6.07) is 16.5. The maximum Gasteiger partial charge on any atom is 0.318 e. The van der Waals surface area contributed by atoms with Crippen LogP contribution in [-0.4, -0.2) is 37.1 Å². The molecule has 1 atom stereocenters. The number of hydrogen-bond donors (Lipinski definition) is 1. The standard InChI is InChI=1S/C20H22ClN3O/c21-16-5-3-6-17(14-16)23-10-12-24(13-11-23)20(25)22-19-9-8-15-4-1-2-7-18(15)19/h1-7,14,19H,8-13H2,(H,22,25). The minimum absolute atomic E-state index is 0.0486. The first kappa shape index (κ1) is 16.3. The number of carbonyl (C=O) groups is 1. The number of fused-ring (bicyclic) bond motifs is 1. The van der Waals surface area contributed by atoms with Gasteiger partial charge in [-0.15, -0.1) is 0 Å². The van der Waals surface area contributed by atoms with Crippen molar-refractivity contribution < 1.29 is 4.79 Å². The predicted molar refractivity (Wildman–Crippen MR) is 101 cm³/mol. The lowest BCUT2D eigenvalue weighted by Crippen LogP contribution is -2.52. The van der Waals surface area contributed by atoms with Crippen molar-refractivity contribution in [1.82, 2.24) is 10.2 Å². The molecule has 0 bridgehead atoms. The Morgan fingerprint density at radius 3 is 2.64 bits per heavy atom. The Morgan fingerprint density at radius 2 is 1.84 bits per heavy atom. The van der Waals surface area contributed by atoms with E-state index in [1.165, 1.54) is 11.1 Å². The quantitative estimate of drug-likeness (QED) is 0.887. The van der Waals surface area contributed by atoms with Gasteiger partial charge in [0.15, 0.2) is 0 Å². The number of nitrogens with one attached hydrogen (secondary N) is 1. The molecule has 4 nitrogen and oxygen atoms in total. The summed E-state index contributed by atoms with van der Waals surface area (Å²) in [7, 11) is 0. The second kappa shape index (κ2) is 6.96. The van der Waals surface area contributed by atoms with Gasteiger partial charge in [-0.05, 0) is 42.2 Å². The number of hydrogen-bond acceptors (Lipinski definition) is 2. The topological polar surface area (TPSA) is 35.6 Å². The normalized spacial score (nSPS) is 19.6. The van der Waals surface area contributed by atoms with Crippen LogP contribution in [0, 0.1) is 0 Å². The second-order valence-corrected chi connectivity index (χ2v) is 7.13. The van der Waals surface area contributed by atoms with Gasteiger partial charge in [0.2, 0.25) is 0 Å². The number of rotatable bonds is 2. The number of piperazine rings is 1. The van der Waals surface area contributed by atoms with Crippen molar-refractivity contribution in [2.45, 2.75) is 18.9 Å². The summed E-state index contributed by atoms with van der Waals surface area (Å²) in [5, 5.41) is 3.96. The van der Waals surface area contributed by atoms with Gasteiger partial charge in [0.25, 0.3) is 0 Å². The van der Waals surface area contributed by atoms with Crippen molar-refractivity contribution in [2.75, 3.05) is 31.1 Å². The highest BCUT2D eigenvalue weighted by Crippen LogP contribution is 2.31. The first-order valence-corrected chi connectivity index (χ1v) is 9.22. The third-order valence-corrected chi connectivity index (χ3v) is 5.41. The Balaban J connectivity index is 1.34. The van der Waals surface area contributed by atoms with Gasteiger partial charge in [-0.25, -0.2) is 4.79 Å². The molecule has 2 aromatic carbocycles. The van der Waals surface area contributed by atoms with E-state index in [0.29, 0.717) is 0 Å². The highest BCUT2D eigenvalue weighted by atomic mass is 35.5. The van der Waals surface area contributed by atoms with E-state index in [2.05, 4.69) is 34.5 Å². The molecule has 4 rings (SSSR count). The maximum atomic E-state index is 12.6. The van der Waals surface area contributed by atoms with E-state index in [1.807, 2.05) is 29.2 Å². The van der Waals surface area contributed by atoms with Gasteiger partial charge in [0.05, 0.1) is 6.04 Å². The predicted octanol–water partition coefficient (Wildman–Crippen LogP) is 3.86. The van der Waals surface area contributed by atoms with Crippen molar-refractivity contribution in [2.24, 2.45) is 0 Å². The van der Waals surface area contributed by atoms with Gasteiger partial charge in [-0.2, -0.15) is 0 Å². The lowest BCUT2D eigenvalue weighted by Gasteiger charge is -2.36. The molecule has 1 unspecified atom stereocenters. The van der Waals surface area contributed by atoms with E-state index in [0.717, 1.165) is 49.7 Å². The molecule has 1 aliphatic heterocycles. The van der Waals surface area contributed by atoms with Crippen LogP contribution in [0.1, 0.15) is 23.6 Å². The Labute approximate surface area is 153 Å². The highest BCUT2D eigenvalue weighted by Gasteiger charge is 2.27. The number of carbonyl (C=O) groups excluding carboxylic acids is 1. The number of aryl methyl sites for hydroxylation is 1. The largest absolute Gasteiger partial charge is 0.368 e. The summed E-state index contributed by atoms with van der Waals surface area (Å²) in [6.45, 7) is 3.11. The molecule has 1 saturated heterocycles. The summed E-state index contributed by atoms with van der Waals surface area (Å²) in [5.41, 5.74) is 3.75. The maximum absolute atomic E-state index is 12.6. The van der Waals surface area contributed by atoms with Crippen LogP contribution < -0.4 is 10.2 Å². The summed E-state index contributed by atoms with van der Waals surface area (Å²) >= 11 is 6.08. The molecule has 5 heteroatoms. The molecule has 2 aromatic rings. The second-order valence-electron chi connectivity index (χ2n) is 6.69. The van der Waals surface area contributed by atoms with Gasteiger partial charge in [0, 0.05) is 36.9 Å². The van der Waals surface area contributed by atoms with Crippen LogP contribution >= 0.6 is 11.6 Å². The van der Waals surface area contributed by atoms with Crippen LogP contribution in [0.5, 0.6) is 0 Å². The van der Waals surface area contributed by atoms with Gasteiger partial charge in [-0.3, -0.25) is 0 Å². The Bertz CT molecular complexity index is 771. The zero-order valence-corrected chi connectivity index (χ0v) is 14.9. The molecular formula is C20H22ClN3O. The van der Waals surface area contributed by atoms with Crippen LogP contribution in [0.2, 0.25) is 5.02 Å². The molecule has 1 fully saturated rings. The molecule has 2 amide bonds. The number of anilines is 1. The average Bonchev–Trinajstić information content (AvgIpc) is 3.05. The minimum atomic E-state index is 0.0486. The van der Waals surface area contributed by atoms with Crippen molar-refractivity contribution in [3.63, 3.8) is 0 Å². The number of benzene rings is 2. The molecule has 0 saturated carbocycles. The molecule has 0 radical (unpaired) electrons.